The smallest absolute Gasteiger partial charge is 0.265 e. The maximum absolute atomic E-state index is 10.9. The molecule has 0 spiro atoms. The van der Waals surface area contributed by atoms with Crippen molar-refractivity contribution in [3.05, 3.63) is 0 Å². The number of hydrogen-bond donors (Lipinski definition) is 1. The fraction of sp³-hybridized carbons (Fsp3) is 0.923. The molecule has 2 unspecified atom stereocenters. The highest BCUT2D eigenvalue weighted by molar-refractivity contribution is 7.85. The lowest BCUT2D eigenvalue weighted by Gasteiger charge is -2.33. The van der Waals surface area contributed by atoms with Crippen LogP contribution in [0.1, 0.15) is 33.1 Å². The summed E-state index contributed by atoms with van der Waals surface area (Å²) in [7, 11) is -3.89. The summed E-state index contributed by atoms with van der Waals surface area (Å²) in [4.78, 5) is 10.9. The summed E-state index contributed by atoms with van der Waals surface area (Å²) in [5.74, 6) is 1.03. The molecular weight excluding hydrogens is 266 g/mol. The Hall–Kier alpha value is -0.460. The van der Waals surface area contributed by atoms with Crippen LogP contribution >= 0.6 is 0 Å². The van der Waals surface area contributed by atoms with E-state index in [9.17, 15) is 13.2 Å². The number of nitrogens with zero attached hydrogens (tertiary/aromatic N) is 1. The van der Waals surface area contributed by atoms with E-state index in [2.05, 4.69) is 13.8 Å². The third-order valence-corrected chi connectivity index (χ3v) is 5.26. The molecule has 0 aromatic rings. The van der Waals surface area contributed by atoms with E-state index in [0.29, 0.717) is 35.8 Å². The minimum Gasteiger partial charge on any atom is -0.317 e. The Balaban J connectivity index is 2.68. The van der Waals surface area contributed by atoms with Crippen molar-refractivity contribution in [1.82, 2.24) is 0 Å². The molecule has 6 heteroatoms. The van der Waals surface area contributed by atoms with Crippen molar-refractivity contribution in [2.75, 3.05) is 31.9 Å². The van der Waals surface area contributed by atoms with E-state index >= 15 is 0 Å². The molecule has 1 heterocycles. The van der Waals surface area contributed by atoms with Crippen LogP contribution in [-0.2, 0) is 14.9 Å². The van der Waals surface area contributed by atoms with Crippen LogP contribution in [0.15, 0.2) is 0 Å². The van der Waals surface area contributed by atoms with E-state index in [-0.39, 0.29) is 5.75 Å². The molecule has 1 N–H and O–H groups in total. The van der Waals surface area contributed by atoms with Crippen LogP contribution < -0.4 is 0 Å². The molecule has 0 saturated carbocycles. The van der Waals surface area contributed by atoms with Crippen LogP contribution in [0.25, 0.3) is 0 Å². The van der Waals surface area contributed by atoms with Gasteiger partial charge in [-0.15, -0.1) is 0 Å². The van der Waals surface area contributed by atoms with Crippen molar-refractivity contribution in [2.24, 2.45) is 11.8 Å². The van der Waals surface area contributed by atoms with Crippen molar-refractivity contribution in [1.29, 1.82) is 0 Å². The van der Waals surface area contributed by atoms with Crippen molar-refractivity contribution in [2.45, 2.75) is 33.1 Å². The summed E-state index contributed by atoms with van der Waals surface area (Å²) in [5, 5.41) is 0. The molecule has 1 saturated heterocycles. The highest BCUT2D eigenvalue weighted by Gasteiger charge is 2.42. The molecule has 0 aliphatic carbocycles. The Morgan fingerprint density at radius 1 is 1.21 bits per heavy atom. The van der Waals surface area contributed by atoms with E-state index < -0.39 is 10.1 Å². The lowest BCUT2D eigenvalue weighted by atomic mass is 9.92. The predicted octanol–water partition coefficient (Wildman–Crippen LogP) is 1.35. The number of hydrogen-bond acceptors (Lipinski definition) is 3. The van der Waals surface area contributed by atoms with Gasteiger partial charge in [0.25, 0.3) is 10.1 Å². The zero-order valence-corrected chi connectivity index (χ0v) is 12.7. The molecule has 0 amide bonds. The van der Waals surface area contributed by atoms with Gasteiger partial charge in [0.05, 0.1) is 25.4 Å². The van der Waals surface area contributed by atoms with Crippen molar-refractivity contribution in [3.8, 4) is 0 Å². The summed E-state index contributed by atoms with van der Waals surface area (Å²) < 4.78 is 31.1. The zero-order chi connectivity index (χ0) is 14.5. The Labute approximate surface area is 116 Å². The predicted molar refractivity (Wildman–Crippen MR) is 74.4 cm³/mol. The monoisotopic (exact) mass is 292 g/mol. The van der Waals surface area contributed by atoms with Crippen LogP contribution in [0, 0.1) is 11.8 Å². The normalized spacial score (nSPS) is 31.5. The first-order valence-electron chi connectivity index (χ1n) is 7.09. The van der Waals surface area contributed by atoms with E-state index in [1.807, 2.05) is 0 Å². The topological polar surface area (TPSA) is 71.4 Å². The largest absolute Gasteiger partial charge is 0.317 e. The van der Waals surface area contributed by atoms with Crippen LogP contribution in [0.5, 0.6) is 0 Å². The fourth-order valence-corrected chi connectivity index (χ4v) is 3.95. The highest BCUT2D eigenvalue weighted by Crippen LogP contribution is 2.34. The summed E-state index contributed by atoms with van der Waals surface area (Å²) in [5.41, 5.74) is 0. The van der Waals surface area contributed by atoms with Gasteiger partial charge in [0, 0.05) is 18.3 Å². The molecule has 2 atom stereocenters. The van der Waals surface area contributed by atoms with Gasteiger partial charge in [0.1, 0.15) is 6.54 Å². The minimum absolute atomic E-state index is 0.209. The highest BCUT2D eigenvalue weighted by atomic mass is 32.2. The van der Waals surface area contributed by atoms with Crippen LogP contribution in [0.2, 0.25) is 0 Å². The van der Waals surface area contributed by atoms with Crippen LogP contribution in [0.3, 0.4) is 0 Å². The first-order valence-corrected chi connectivity index (χ1v) is 8.70. The van der Waals surface area contributed by atoms with Crippen LogP contribution in [0.4, 0.5) is 0 Å². The van der Waals surface area contributed by atoms with E-state index in [0.717, 1.165) is 32.2 Å². The van der Waals surface area contributed by atoms with Crippen molar-refractivity contribution in [3.63, 3.8) is 0 Å². The molecule has 1 rings (SSSR count). The van der Waals surface area contributed by atoms with Crippen LogP contribution in [-0.4, -0.2) is 55.7 Å². The third-order valence-electron chi connectivity index (χ3n) is 4.46. The summed E-state index contributed by atoms with van der Waals surface area (Å²) >= 11 is 0. The fourth-order valence-electron chi connectivity index (χ4n) is 3.46. The van der Waals surface area contributed by atoms with Gasteiger partial charge in [-0.2, -0.15) is 8.42 Å². The first kappa shape index (κ1) is 16.6. The lowest BCUT2D eigenvalue weighted by molar-refractivity contribution is -0.911. The van der Waals surface area contributed by atoms with Gasteiger partial charge in [-0.1, -0.05) is 13.8 Å². The minimum atomic E-state index is -3.89. The molecule has 112 valence electrons. The average Bonchev–Trinajstić information content (AvgIpc) is 2.66. The average molecular weight is 292 g/mol. The maximum atomic E-state index is 10.9. The van der Waals surface area contributed by atoms with Crippen molar-refractivity contribution >= 4 is 16.4 Å². The molecule has 1 fully saturated rings. The van der Waals surface area contributed by atoms with E-state index in [1.54, 1.807) is 0 Å². The van der Waals surface area contributed by atoms with E-state index in [4.69, 9.17) is 4.55 Å². The lowest BCUT2D eigenvalue weighted by Crippen LogP contribution is -2.48. The number of quaternary nitrogens is 1. The summed E-state index contributed by atoms with van der Waals surface area (Å²) in [6.07, 6.45) is 3.57. The Morgan fingerprint density at radius 3 is 2.11 bits per heavy atom. The van der Waals surface area contributed by atoms with Gasteiger partial charge in [0.15, 0.2) is 6.29 Å². The molecule has 0 aromatic carbocycles. The van der Waals surface area contributed by atoms with Gasteiger partial charge in [0.2, 0.25) is 0 Å². The third kappa shape index (κ3) is 4.85. The molecule has 5 nitrogen and oxygen atoms in total. The van der Waals surface area contributed by atoms with Gasteiger partial charge >= 0.3 is 0 Å². The van der Waals surface area contributed by atoms with Crippen molar-refractivity contribution < 1.29 is 22.2 Å². The molecule has 1 aliphatic heterocycles. The Morgan fingerprint density at radius 2 is 1.74 bits per heavy atom. The number of rotatable bonds is 8. The maximum Gasteiger partial charge on any atom is 0.265 e. The second-order valence-corrected chi connectivity index (χ2v) is 7.33. The number of aldehydes is 1. The summed E-state index contributed by atoms with van der Waals surface area (Å²) in [6.45, 7) is 7.38. The standard InChI is InChI=1S/C13H25NO4S/c1-3-12-10-14(7-8-15,11-13(12)4-2)6-5-9-19(16,17)18/h8,12-13H,3-7,9-11H2,1-2H3/p+1. The quantitative estimate of drug-likeness (QED) is 0.416. The summed E-state index contributed by atoms with van der Waals surface area (Å²) in [6, 6.07) is 0. The zero-order valence-electron chi connectivity index (χ0n) is 11.9. The number of likely N-dealkylation sites (tertiary alicyclic amines) is 1. The van der Waals surface area contributed by atoms with Gasteiger partial charge < -0.3 is 4.48 Å². The Kier molecular flexibility index (Phi) is 5.95. The Bertz CT molecular complexity index is 381. The molecular formula is C13H26NO4S+. The molecule has 0 bridgehead atoms. The molecule has 19 heavy (non-hydrogen) atoms. The second kappa shape index (κ2) is 6.81. The first-order chi connectivity index (χ1) is 8.86. The molecule has 1 aliphatic rings. The van der Waals surface area contributed by atoms with E-state index in [1.165, 1.54) is 0 Å². The second-order valence-electron chi connectivity index (χ2n) is 5.76. The SMILES string of the molecule is CCC1C[N+](CC=O)(CCCS(=O)(=O)O)CC1CC. The van der Waals surface area contributed by atoms with Gasteiger partial charge in [-0.05, 0) is 12.8 Å². The number of carbonyl (C=O) groups is 1. The van der Waals surface area contributed by atoms with Gasteiger partial charge in [-0.3, -0.25) is 9.35 Å². The molecule has 0 radical (unpaired) electrons. The molecule has 0 aromatic heterocycles. The van der Waals surface area contributed by atoms with Gasteiger partial charge in [-0.25, -0.2) is 0 Å². The number of carbonyl (C=O) groups excluding carboxylic acids is 1.